The molecule has 7 nitrogen and oxygen atoms in total. The van der Waals surface area contributed by atoms with Gasteiger partial charge in [0.2, 0.25) is 11.8 Å². The van der Waals surface area contributed by atoms with Gasteiger partial charge in [-0.2, -0.15) is 0 Å². The highest BCUT2D eigenvalue weighted by molar-refractivity contribution is 6.25. The van der Waals surface area contributed by atoms with Gasteiger partial charge in [0.15, 0.2) is 0 Å². The lowest BCUT2D eigenvalue weighted by Crippen LogP contribution is -2.54. The highest BCUT2D eigenvalue weighted by atomic mass is 16.6. The minimum absolute atomic E-state index is 0.150. The molecule has 1 fully saturated rings. The van der Waals surface area contributed by atoms with Crippen LogP contribution in [0.1, 0.15) is 28.2 Å². The maximum atomic E-state index is 13.8. The number of carbonyl (C=O) groups is 3. The second-order valence-electron chi connectivity index (χ2n) is 8.43. The van der Waals surface area contributed by atoms with Crippen molar-refractivity contribution in [1.82, 2.24) is 0 Å². The van der Waals surface area contributed by atoms with E-state index in [-0.39, 0.29) is 17.3 Å². The Bertz CT molecular complexity index is 1320. The molecule has 0 spiro atoms. The molecule has 1 aliphatic heterocycles. The lowest BCUT2D eigenvalue weighted by molar-refractivity contribution is -0.384. The van der Waals surface area contributed by atoms with Gasteiger partial charge < -0.3 is 4.79 Å². The Kier molecular flexibility index (Phi) is 3.61. The first-order valence-electron chi connectivity index (χ1n) is 10.3. The van der Waals surface area contributed by atoms with E-state index >= 15 is 0 Å². The van der Waals surface area contributed by atoms with Gasteiger partial charge >= 0.3 is 0 Å². The van der Waals surface area contributed by atoms with E-state index in [9.17, 15) is 24.5 Å². The second-order valence-corrected chi connectivity index (χ2v) is 8.43. The minimum Gasteiger partial charge on any atom is -0.302 e. The first-order chi connectivity index (χ1) is 15.5. The van der Waals surface area contributed by atoms with Crippen molar-refractivity contribution < 1.29 is 19.3 Å². The molecule has 0 N–H and O–H groups in total. The third-order valence-electron chi connectivity index (χ3n) is 7.17. The van der Waals surface area contributed by atoms with Gasteiger partial charge in [0, 0.05) is 18.1 Å². The Morgan fingerprint density at radius 3 is 2.09 bits per heavy atom. The number of benzene rings is 3. The van der Waals surface area contributed by atoms with Crippen molar-refractivity contribution in [2.24, 2.45) is 11.8 Å². The molecule has 1 heterocycles. The summed E-state index contributed by atoms with van der Waals surface area (Å²) in [6.07, 6.45) is 0.805. The Morgan fingerprint density at radius 1 is 0.875 bits per heavy atom. The number of aldehydes is 1. The summed E-state index contributed by atoms with van der Waals surface area (Å²) in [4.78, 5) is 52.1. The summed E-state index contributed by atoms with van der Waals surface area (Å²) in [5.74, 6) is -2.95. The Morgan fingerprint density at radius 2 is 1.50 bits per heavy atom. The number of nitrogens with zero attached hydrogens (tertiary/aromatic N) is 2. The molecule has 4 aliphatic rings. The van der Waals surface area contributed by atoms with E-state index < -0.39 is 34.0 Å². The number of hydrogen-bond donors (Lipinski definition) is 0. The molecule has 32 heavy (non-hydrogen) atoms. The molecule has 7 rings (SSSR count). The molecule has 7 heteroatoms. The van der Waals surface area contributed by atoms with Crippen LogP contribution in [-0.4, -0.2) is 23.0 Å². The normalized spacial score (nSPS) is 27.0. The highest BCUT2D eigenvalue weighted by Gasteiger charge is 2.68. The number of rotatable bonds is 3. The van der Waals surface area contributed by atoms with E-state index in [1.807, 2.05) is 48.5 Å². The Balaban J connectivity index is 1.61. The van der Waals surface area contributed by atoms with E-state index in [1.165, 1.54) is 24.3 Å². The lowest BCUT2D eigenvalue weighted by Gasteiger charge is -2.51. The van der Waals surface area contributed by atoms with E-state index in [0.717, 1.165) is 33.4 Å². The molecule has 2 bridgehead atoms. The van der Waals surface area contributed by atoms with Crippen LogP contribution in [0.3, 0.4) is 0 Å². The third-order valence-corrected chi connectivity index (χ3v) is 7.17. The predicted molar refractivity (Wildman–Crippen MR) is 114 cm³/mol. The number of anilines is 1. The summed E-state index contributed by atoms with van der Waals surface area (Å²) in [7, 11) is 0. The number of hydrogen-bond acceptors (Lipinski definition) is 5. The van der Waals surface area contributed by atoms with Crippen LogP contribution in [0.5, 0.6) is 0 Å². The van der Waals surface area contributed by atoms with Gasteiger partial charge in [-0.3, -0.25) is 19.7 Å². The zero-order valence-corrected chi connectivity index (χ0v) is 16.7. The molecular formula is C25H16N2O5. The lowest BCUT2D eigenvalue weighted by atomic mass is 9.48. The number of imide groups is 1. The van der Waals surface area contributed by atoms with E-state index in [4.69, 9.17) is 0 Å². The van der Waals surface area contributed by atoms with Gasteiger partial charge in [0.05, 0.1) is 27.9 Å². The zero-order chi connectivity index (χ0) is 22.2. The number of nitro benzene ring substituents is 1. The van der Waals surface area contributed by atoms with Crippen LogP contribution < -0.4 is 4.90 Å². The van der Waals surface area contributed by atoms with Crippen LogP contribution in [-0.2, 0) is 19.8 Å². The van der Waals surface area contributed by atoms with Crippen LogP contribution in [0.15, 0.2) is 72.8 Å². The highest BCUT2D eigenvalue weighted by Crippen LogP contribution is 2.63. The maximum absolute atomic E-state index is 13.8. The number of amides is 2. The number of non-ortho nitro benzene ring substituents is 1. The van der Waals surface area contributed by atoms with E-state index in [1.54, 1.807) is 0 Å². The molecule has 0 radical (unpaired) electrons. The molecular weight excluding hydrogens is 408 g/mol. The van der Waals surface area contributed by atoms with Crippen LogP contribution in [0.25, 0.3) is 0 Å². The quantitative estimate of drug-likeness (QED) is 0.278. The fourth-order valence-electron chi connectivity index (χ4n) is 6.03. The molecule has 3 aromatic rings. The molecule has 3 aromatic carbocycles. The monoisotopic (exact) mass is 424 g/mol. The van der Waals surface area contributed by atoms with E-state index in [2.05, 4.69) is 0 Å². The number of nitro groups is 1. The van der Waals surface area contributed by atoms with Crippen molar-refractivity contribution in [2.75, 3.05) is 4.90 Å². The summed E-state index contributed by atoms with van der Waals surface area (Å²) in [6, 6.07) is 20.4. The Hall–Kier alpha value is -4.13. The summed E-state index contributed by atoms with van der Waals surface area (Å²) >= 11 is 0. The van der Waals surface area contributed by atoms with Crippen molar-refractivity contribution in [3.8, 4) is 0 Å². The summed E-state index contributed by atoms with van der Waals surface area (Å²) in [5.41, 5.74) is 1.91. The van der Waals surface area contributed by atoms with Gasteiger partial charge in [-0.15, -0.1) is 0 Å². The third kappa shape index (κ3) is 2.03. The fourth-order valence-corrected chi connectivity index (χ4v) is 6.03. The molecule has 2 atom stereocenters. The Labute approximate surface area is 182 Å². The molecule has 156 valence electrons. The largest absolute Gasteiger partial charge is 0.302 e. The van der Waals surface area contributed by atoms with Crippen molar-refractivity contribution in [3.63, 3.8) is 0 Å². The van der Waals surface area contributed by atoms with Crippen molar-refractivity contribution in [2.45, 2.75) is 11.3 Å². The van der Waals surface area contributed by atoms with Gasteiger partial charge in [0.25, 0.3) is 5.69 Å². The van der Waals surface area contributed by atoms with E-state index in [0.29, 0.717) is 0 Å². The van der Waals surface area contributed by atoms with Crippen LogP contribution in [0.4, 0.5) is 11.4 Å². The molecule has 2 amide bonds. The second kappa shape index (κ2) is 6.20. The van der Waals surface area contributed by atoms with Crippen LogP contribution >= 0.6 is 0 Å². The summed E-state index contributed by atoms with van der Waals surface area (Å²) in [6.45, 7) is 0. The molecule has 3 aliphatic carbocycles. The minimum atomic E-state index is -1.28. The first kappa shape index (κ1) is 18.6. The van der Waals surface area contributed by atoms with Crippen LogP contribution in [0.2, 0.25) is 0 Å². The fraction of sp³-hybridized carbons (Fsp3) is 0.160. The van der Waals surface area contributed by atoms with Gasteiger partial charge in [-0.05, 0) is 28.3 Å². The molecule has 0 aromatic heterocycles. The van der Waals surface area contributed by atoms with Crippen molar-refractivity contribution in [3.05, 3.63) is 105 Å². The predicted octanol–water partition coefficient (Wildman–Crippen LogP) is 3.34. The number of carbonyl (C=O) groups excluding carboxylic acids is 3. The van der Waals surface area contributed by atoms with Gasteiger partial charge in [-0.25, -0.2) is 4.90 Å². The maximum Gasteiger partial charge on any atom is 0.271 e. The standard InChI is InChI=1S/C25H16N2O5/c28-13-25-18-10-3-1-8-16(18)20(17-9-2-4-11-19(17)25)21-22(25)24(30)26(23(21)29)14-6-5-7-15(12-14)27(31)32/h1-13,20-22H. The topological polar surface area (TPSA) is 97.6 Å². The first-order valence-corrected chi connectivity index (χ1v) is 10.3. The molecule has 2 unspecified atom stereocenters. The summed E-state index contributed by atoms with van der Waals surface area (Å²) < 4.78 is 0. The SMILES string of the molecule is O=CC12c3ccccc3C(c3ccccc31)C1C(=O)N(c3cccc([N+](=O)[O-])c3)C(=O)C12. The van der Waals surface area contributed by atoms with Crippen molar-refractivity contribution >= 4 is 29.5 Å². The van der Waals surface area contributed by atoms with Gasteiger partial charge in [-0.1, -0.05) is 54.6 Å². The average molecular weight is 424 g/mol. The molecule has 1 saturated heterocycles. The molecule has 0 saturated carbocycles. The summed E-state index contributed by atoms with van der Waals surface area (Å²) in [5, 5.41) is 11.3. The zero-order valence-electron chi connectivity index (χ0n) is 16.7. The smallest absolute Gasteiger partial charge is 0.271 e. The van der Waals surface area contributed by atoms with Crippen molar-refractivity contribution in [1.29, 1.82) is 0 Å². The van der Waals surface area contributed by atoms with Crippen LogP contribution in [0, 0.1) is 22.0 Å². The van der Waals surface area contributed by atoms with Gasteiger partial charge in [0.1, 0.15) is 6.29 Å². The average Bonchev–Trinajstić information content (AvgIpc) is 3.10.